The molecule has 1 aliphatic carbocycles. The van der Waals surface area contributed by atoms with E-state index in [2.05, 4.69) is 6.92 Å². The van der Waals surface area contributed by atoms with Gasteiger partial charge in [0.15, 0.2) is 0 Å². The summed E-state index contributed by atoms with van der Waals surface area (Å²) in [4.78, 5) is 12.1. The number of carbonyl (C=O) groups is 1. The molecule has 0 unspecified atom stereocenters. The second kappa shape index (κ2) is 6.29. The van der Waals surface area contributed by atoms with Gasteiger partial charge in [0.05, 0.1) is 16.3 Å². The molecule has 1 aromatic rings. The highest BCUT2D eigenvalue weighted by Gasteiger charge is 2.24. The molecule has 1 aliphatic rings. The Balaban J connectivity index is 1.96. The minimum atomic E-state index is -0.364. The molecule has 0 saturated heterocycles. The van der Waals surface area contributed by atoms with E-state index < -0.39 is 0 Å². The molecule has 0 aliphatic heterocycles. The molecule has 2 rings (SSSR count). The number of rotatable bonds is 3. The van der Waals surface area contributed by atoms with Crippen LogP contribution in [0.1, 0.15) is 49.4 Å². The second-order valence-corrected chi connectivity index (χ2v) is 5.54. The summed E-state index contributed by atoms with van der Waals surface area (Å²) in [7, 11) is 0. The first kappa shape index (κ1) is 14.2. The van der Waals surface area contributed by atoms with Crippen molar-refractivity contribution in [1.82, 2.24) is 0 Å². The molecule has 1 aromatic carbocycles. The first-order chi connectivity index (χ1) is 9.11. The van der Waals surface area contributed by atoms with E-state index in [0.29, 0.717) is 11.3 Å². The number of benzene rings is 1. The summed E-state index contributed by atoms with van der Waals surface area (Å²) in [5, 5.41) is 0.287. The number of ether oxygens (including phenoxy) is 1. The van der Waals surface area contributed by atoms with Crippen LogP contribution in [0, 0.1) is 5.92 Å². The van der Waals surface area contributed by atoms with Crippen molar-refractivity contribution >= 4 is 23.3 Å². The van der Waals surface area contributed by atoms with Crippen molar-refractivity contribution in [3.05, 3.63) is 28.8 Å². The largest absolute Gasteiger partial charge is 0.459 e. The standard InChI is InChI=1S/C15H20ClNO2/c1-2-10-6-8-11(9-7-10)19-15(18)12-4-3-5-13(17)14(12)16/h3-5,10-11H,2,6-9,17H2,1H3. The Bertz CT molecular complexity index is 453. The molecule has 0 atom stereocenters. The van der Waals surface area contributed by atoms with Crippen molar-refractivity contribution in [1.29, 1.82) is 0 Å². The van der Waals surface area contributed by atoms with Crippen LogP contribution in [0.5, 0.6) is 0 Å². The third-order valence-corrected chi connectivity index (χ3v) is 4.32. The van der Waals surface area contributed by atoms with E-state index in [1.165, 1.54) is 6.42 Å². The van der Waals surface area contributed by atoms with E-state index in [1.54, 1.807) is 18.2 Å². The van der Waals surface area contributed by atoms with Crippen LogP contribution in [-0.2, 0) is 4.74 Å². The molecule has 0 bridgehead atoms. The highest BCUT2D eigenvalue weighted by molar-refractivity contribution is 6.36. The van der Waals surface area contributed by atoms with Crippen LogP contribution in [0.25, 0.3) is 0 Å². The fraction of sp³-hybridized carbons (Fsp3) is 0.533. The maximum atomic E-state index is 12.1. The number of hydrogen-bond donors (Lipinski definition) is 1. The van der Waals surface area contributed by atoms with E-state index in [4.69, 9.17) is 22.1 Å². The first-order valence-electron chi connectivity index (χ1n) is 6.86. The molecular weight excluding hydrogens is 262 g/mol. The summed E-state index contributed by atoms with van der Waals surface area (Å²) in [5.74, 6) is 0.420. The van der Waals surface area contributed by atoms with E-state index in [0.717, 1.165) is 31.6 Å². The van der Waals surface area contributed by atoms with Crippen LogP contribution in [0.4, 0.5) is 5.69 Å². The zero-order valence-corrected chi connectivity index (χ0v) is 12.0. The summed E-state index contributed by atoms with van der Waals surface area (Å²) in [6.45, 7) is 2.21. The zero-order chi connectivity index (χ0) is 13.8. The van der Waals surface area contributed by atoms with Gasteiger partial charge in [0.1, 0.15) is 6.10 Å². The predicted molar refractivity (Wildman–Crippen MR) is 77.3 cm³/mol. The Morgan fingerprint density at radius 3 is 2.68 bits per heavy atom. The smallest absolute Gasteiger partial charge is 0.340 e. The fourth-order valence-electron chi connectivity index (χ4n) is 2.58. The van der Waals surface area contributed by atoms with Crippen molar-refractivity contribution in [2.75, 3.05) is 5.73 Å². The maximum absolute atomic E-state index is 12.1. The Hall–Kier alpha value is -1.22. The Morgan fingerprint density at radius 1 is 1.37 bits per heavy atom. The van der Waals surface area contributed by atoms with Gasteiger partial charge in [0.2, 0.25) is 0 Å². The molecule has 0 aromatic heterocycles. The van der Waals surface area contributed by atoms with Gasteiger partial charge in [-0.3, -0.25) is 0 Å². The SMILES string of the molecule is CCC1CCC(OC(=O)c2cccc(N)c2Cl)CC1. The molecule has 4 heteroatoms. The molecule has 0 amide bonds. The molecular formula is C15H20ClNO2. The number of nitrogens with two attached hydrogens (primary N) is 1. The molecule has 0 radical (unpaired) electrons. The van der Waals surface area contributed by atoms with Crippen LogP contribution in [-0.4, -0.2) is 12.1 Å². The van der Waals surface area contributed by atoms with E-state index >= 15 is 0 Å². The number of anilines is 1. The van der Waals surface area contributed by atoms with Crippen molar-refractivity contribution in [2.24, 2.45) is 5.92 Å². The van der Waals surface area contributed by atoms with Gasteiger partial charge in [-0.05, 0) is 43.7 Å². The number of esters is 1. The van der Waals surface area contributed by atoms with Crippen LogP contribution in [0.3, 0.4) is 0 Å². The van der Waals surface area contributed by atoms with Crippen LogP contribution in [0.2, 0.25) is 5.02 Å². The van der Waals surface area contributed by atoms with Gasteiger partial charge in [-0.25, -0.2) is 4.79 Å². The Kier molecular flexibility index (Phi) is 4.70. The topological polar surface area (TPSA) is 52.3 Å². The van der Waals surface area contributed by atoms with Crippen LogP contribution < -0.4 is 5.73 Å². The van der Waals surface area contributed by atoms with Gasteiger partial charge in [-0.15, -0.1) is 0 Å². The quantitative estimate of drug-likeness (QED) is 0.672. The van der Waals surface area contributed by atoms with Crippen LogP contribution >= 0.6 is 11.6 Å². The number of nitrogen functional groups attached to an aromatic ring is 1. The second-order valence-electron chi connectivity index (χ2n) is 5.17. The molecule has 3 nitrogen and oxygen atoms in total. The average molecular weight is 282 g/mol. The fourth-order valence-corrected chi connectivity index (χ4v) is 2.78. The lowest BCUT2D eigenvalue weighted by atomic mass is 9.86. The lowest BCUT2D eigenvalue weighted by Gasteiger charge is -2.27. The lowest BCUT2D eigenvalue weighted by Crippen LogP contribution is -2.24. The van der Waals surface area contributed by atoms with Gasteiger partial charge in [0, 0.05) is 0 Å². The monoisotopic (exact) mass is 281 g/mol. The van der Waals surface area contributed by atoms with Crippen molar-refractivity contribution < 1.29 is 9.53 Å². The molecule has 0 spiro atoms. The minimum absolute atomic E-state index is 0.0211. The Labute approximate surface area is 119 Å². The first-order valence-corrected chi connectivity index (χ1v) is 7.24. The van der Waals surface area contributed by atoms with Gasteiger partial charge < -0.3 is 10.5 Å². The molecule has 2 N–H and O–H groups in total. The summed E-state index contributed by atoms with van der Waals surface area (Å²) in [6.07, 6.45) is 5.40. The van der Waals surface area contributed by atoms with Crippen molar-refractivity contribution in [3.63, 3.8) is 0 Å². The molecule has 104 valence electrons. The molecule has 1 fully saturated rings. The van der Waals surface area contributed by atoms with Crippen molar-refractivity contribution in [2.45, 2.75) is 45.1 Å². The van der Waals surface area contributed by atoms with Gasteiger partial charge in [0.25, 0.3) is 0 Å². The number of carbonyl (C=O) groups excluding carboxylic acids is 1. The van der Waals surface area contributed by atoms with E-state index in [-0.39, 0.29) is 17.1 Å². The van der Waals surface area contributed by atoms with Gasteiger partial charge >= 0.3 is 5.97 Å². The summed E-state index contributed by atoms with van der Waals surface area (Å²) < 4.78 is 5.53. The van der Waals surface area contributed by atoms with Gasteiger partial charge in [-0.1, -0.05) is 31.0 Å². The van der Waals surface area contributed by atoms with Crippen LogP contribution in [0.15, 0.2) is 18.2 Å². The normalized spacial score (nSPS) is 23.1. The highest BCUT2D eigenvalue weighted by Crippen LogP contribution is 2.30. The summed E-state index contributed by atoms with van der Waals surface area (Å²) in [5.41, 5.74) is 6.46. The maximum Gasteiger partial charge on any atom is 0.340 e. The lowest BCUT2D eigenvalue weighted by molar-refractivity contribution is 0.0164. The summed E-state index contributed by atoms with van der Waals surface area (Å²) in [6, 6.07) is 5.04. The van der Waals surface area contributed by atoms with E-state index in [9.17, 15) is 4.79 Å². The van der Waals surface area contributed by atoms with Gasteiger partial charge in [-0.2, -0.15) is 0 Å². The molecule has 1 saturated carbocycles. The minimum Gasteiger partial charge on any atom is -0.459 e. The molecule has 19 heavy (non-hydrogen) atoms. The zero-order valence-electron chi connectivity index (χ0n) is 11.2. The highest BCUT2D eigenvalue weighted by atomic mass is 35.5. The molecule has 0 heterocycles. The third kappa shape index (κ3) is 3.41. The summed E-state index contributed by atoms with van der Waals surface area (Å²) >= 11 is 6.03. The third-order valence-electron chi connectivity index (χ3n) is 3.89. The predicted octanol–water partition coefficient (Wildman–Crippen LogP) is 4.05. The van der Waals surface area contributed by atoms with Crippen molar-refractivity contribution in [3.8, 4) is 0 Å². The average Bonchev–Trinajstić information content (AvgIpc) is 2.42. The number of halogens is 1. The number of hydrogen-bond acceptors (Lipinski definition) is 3. The Morgan fingerprint density at radius 2 is 2.05 bits per heavy atom. The van der Waals surface area contributed by atoms with E-state index in [1.807, 2.05) is 0 Å².